The zero-order chi connectivity index (χ0) is 28.2. The maximum absolute atomic E-state index is 9.98. The summed E-state index contributed by atoms with van der Waals surface area (Å²) < 4.78 is 4.44. The summed E-state index contributed by atoms with van der Waals surface area (Å²) in [4.78, 5) is 0. The number of para-hydroxylation sites is 3. The SMILES string of the molecule is N#Cc1ccc(C#N)c(-n2c3ccccc3c3ccc(-c4ccc5c(c4)c4ccccc4n5-c4ccccc4)cc32)c1. The molecule has 0 aliphatic carbocycles. The van der Waals surface area contributed by atoms with Gasteiger partial charge in [0.1, 0.15) is 6.07 Å². The number of hydrogen-bond donors (Lipinski definition) is 0. The summed E-state index contributed by atoms with van der Waals surface area (Å²) >= 11 is 0. The third kappa shape index (κ3) is 3.47. The molecule has 0 fully saturated rings. The second kappa shape index (κ2) is 9.24. The Hall–Kier alpha value is -6.10. The molecule has 0 aliphatic rings. The number of aromatic nitrogens is 2. The number of hydrogen-bond acceptors (Lipinski definition) is 2. The summed E-state index contributed by atoms with van der Waals surface area (Å²) in [6.45, 7) is 0. The Morgan fingerprint density at radius 3 is 1.81 bits per heavy atom. The number of fused-ring (bicyclic) bond motifs is 6. The highest BCUT2D eigenvalue weighted by molar-refractivity contribution is 6.12. The summed E-state index contributed by atoms with van der Waals surface area (Å²) in [5.41, 5.74) is 9.41. The topological polar surface area (TPSA) is 57.4 Å². The van der Waals surface area contributed by atoms with Crippen LogP contribution >= 0.6 is 0 Å². The van der Waals surface area contributed by atoms with Gasteiger partial charge in [0.2, 0.25) is 0 Å². The lowest BCUT2D eigenvalue weighted by atomic mass is 10.0. The number of nitriles is 2. The third-order valence-electron chi connectivity index (χ3n) is 8.18. The zero-order valence-corrected chi connectivity index (χ0v) is 22.5. The smallest absolute Gasteiger partial charge is 0.101 e. The Bertz CT molecular complexity index is 2430. The van der Waals surface area contributed by atoms with Crippen molar-refractivity contribution >= 4 is 43.6 Å². The lowest BCUT2D eigenvalue weighted by Gasteiger charge is -2.11. The number of rotatable bonds is 3. The first-order valence-corrected chi connectivity index (χ1v) is 13.8. The van der Waals surface area contributed by atoms with Gasteiger partial charge in [-0.3, -0.25) is 0 Å². The van der Waals surface area contributed by atoms with Gasteiger partial charge in [-0.25, -0.2) is 0 Å². The van der Waals surface area contributed by atoms with E-state index >= 15 is 0 Å². The molecule has 2 aromatic heterocycles. The molecule has 4 heteroatoms. The average molecular weight is 535 g/mol. The first-order valence-electron chi connectivity index (χ1n) is 13.8. The van der Waals surface area contributed by atoms with Crippen molar-refractivity contribution in [1.29, 1.82) is 10.5 Å². The van der Waals surface area contributed by atoms with E-state index in [1.54, 1.807) is 12.1 Å². The predicted molar refractivity (Wildman–Crippen MR) is 170 cm³/mol. The fourth-order valence-corrected chi connectivity index (χ4v) is 6.30. The molecule has 0 radical (unpaired) electrons. The van der Waals surface area contributed by atoms with Gasteiger partial charge in [0.25, 0.3) is 0 Å². The van der Waals surface area contributed by atoms with Gasteiger partial charge >= 0.3 is 0 Å². The first-order chi connectivity index (χ1) is 20.7. The van der Waals surface area contributed by atoms with E-state index in [9.17, 15) is 10.5 Å². The minimum Gasteiger partial charge on any atom is -0.309 e. The molecule has 8 aromatic rings. The van der Waals surface area contributed by atoms with Crippen LogP contribution < -0.4 is 0 Å². The van der Waals surface area contributed by atoms with Gasteiger partial charge < -0.3 is 9.13 Å². The highest BCUT2D eigenvalue weighted by atomic mass is 15.0. The molecule has 0 saturated heterocycles. The van der Waals surface area contributed by atoms with Gasteiger partial charge in [-0.05, 0) is 71.8 Å². The van der Waals surface area contributed by atoms with Crippen molar-refractivity contribution in [3.63, 3.8) is 0 Å². The monoisotopic (exact) mass is 534 g/mol. The molecule has 42 heavy (non-hydrogen) atoms. The Balaban J connectivity index is 1.39. The fourth-order valence-electron chi connectivity index (χ4n) is 6.30. The second-order valence-corrected chi connectivity index (χ2v) is 10.5. The van der Waals surface area contributed by atoms with Crippen molar-refractivity contribution in [3.05, 3.63) is 145 Å². The quantitative estimate of drug-likeness (QED) is 0.227. The lowest BCUT2D eigenvalue weighted by Crippen LogP contribution is -1.98. The van der Waals surface area contributed by atoms with Crippen LogP contribution in [0.3, 0.4) is 0 Å². The van der Waals surface area contributed by atoms with Crippen LogP contribution in [0.1, 0.15) is 11.1 Å². The number of benzene rings is 6. The van der Waals surface area contributed by atoms with E-state index in [1.807, 2.05) is 24.3 Å². The van der Waals surface area contributed by atoms with Gasteiger partial charge in [-0.15, -0.1) is 0 Å². The van der Waals surface area contributed by atoms with Crippen LogP contribution in [0.25, 0.3) is 66.1 Å². The van der Waals surface area contributed by atoms with E-state index in [4.69, 9.17) is 0 Å². The third-order valence-corrected chi connectivity index (χ3v) is 8.18. The molecule has 0 N–H and O–H groups in total. The van der Waals surface area contributed by atoms with Gasteiger partial charge in [0, 0.05) is 27.2 Å². The zero-order valence-electron chi connectivity index (χ0n) is 22.5. The molecular formula is C38H22N4. The molecule has 6 aromatic carbocycles. The van der Waals surface area contributed by atoms with Gasteiger partial charge in [0.15, 0.2) is 0 Å². The van der Waals surface area contributed by atoms with E-state index in [0.717, 1.165) is 44.1 Å². The summed E-state index contributed by atoms with van der Waals surface area (Å²) in [5, 5.41) is 24.2. The standard InChI is InChI=1S/C38H22N4/c39-23-25-14-15-28(24-40)37(20-25)42-35-13-7-4-10-30(35)32-18-16-27(22-38(32)42)26-17-19-36-33(21-26)31-11-5-6-12-34(31)41(36)29-8-2-1-3-9-29/h1-22H. The minimum absolute atomic E-state index is 0.520. The van der Waals surface area contributed by atoms with Crippen molar-refractivity contribution in [2.24, 2.45) is 0 Å². The molecule has 8 rings (SSSR count). The fraction of sp³-hybridized carbons (Fsp3) is 0. The van der Waals surface area contributed by atoms with Crippen LogP contribution in [0, 0.1) is 22.7 Å². The first kappa shape index (κ1) is 23.8. The van der Waals surface area contributed by atoms with E-state index in [2.05, 4.69) is 118 Å². The molecule has 0 aliphatic heterocycles. The van der Waals surface area contributed by atoms with E-state index in [1.165, 1.54) is 16.3 Å². The molecular weight excluding hydrogens is 512 g/mol. The minimum atomic E-state index is 0.520. The van der Waals surface area contributed by atoms with Crippen LogP contribution in [0.5, 0.6) is 0 Å². The largest absolute Gasteiger partial charge is 0.309 e. The summed E-state index contributed by atoms with van der Waals surface area (Å²) in [7, 11) is 0. The van der Waals surface area contributed by atoms with E-state index < -0.39 is 0 Å². The Labute approximate surface area is 242 Å². The van der Waals surface area contributed by atoms with Crippen molar-refractivity contribution in [3.8, 4) is 34.6 Å². The molecule has 0 unspecified atom stereocenters. The molecule has 0 atom stereocenters. The summed E-state index contributed by atoms with van der Waals surface area (Å²) in [5.74, 6) is 0. The highest BCUT2D eigenvalue weighted by Crippen LogP contribution is 2.38. The van der Waals surface area contributed by atoms with Crippen molar-refractivity contribution < 1.29 is 0 Å². The molecule has 4 nitrogen and oxygen atoms in total. The van der Waals surface area contributed by atoms with E-state index in [-0.39, 0.29) is 0 Å². The molecule has 0 saturated carbocycles. The second-order valence-electron chi connectivity index (χ2n) is 10.5. The van der Waals surface area contributed by atoms with Crippen molar-refractivity contribution in [1.82, 2.24) is 9.13 Å². The van der Waals surface area contributed by atoms with Crippen LogP contribution in [-0.2, 0) is 0 Å². The molecule has 194 valence electrons. The lowest BCUT2D eigenvalue weighted by molar-refractivity contribution is 1.16. The van der Waals surface area contributed by atoms with E-state index in [0.29, 0.717) is 16.8 Å². The Morgan fingerprint density at radius 2 is 1.05 bits per heavy atom. The van der Waals surface area contributed by atoms with Crippen LogP contribution in [-0.4, -0.2) is 9.13 Å². The van der Waals surface area contributed by atoms with Gasteiger partial charge in [0.05, 0.1) is 45.0 Å². The molecule has 2 heterocycles. The summed E-state index contributed by atoms with van der Waals surface area (Å²) in [6.07, 6.45) is 0. The maximum Gasteiger partial charge on any atom is 0.101 e. The molecule has 0 bridgehead atoms. The van der Waals surface area contributed by atoms with Crippen molar-refractivity contribution in [2.45, 2.75) is 0 Å². The predicted octanol–water partition coefficient (Wildman–Crippen LogP) is 9.29. The van der Waals surface area contributed by atoms with Crippen LogP contribution in [0.2, 0.25) is 0 Å². The van der Waals surface area contributed by atoms with Crippen LogP contribution in [0.15, 0.2) is 133 Å². The summed E-state index contributed by atoms with van der Waals surface area (Å²) in [6, 6.07) is 50.3. The van der Waals surface area contributed by atoms with Crippen LogP contribution in [0.4, 0.5) is 0 Å². The maximum atomic E-state index is 9.98. The van der Waals surface area contributed by atoms with Crippen molar-refractivity contribution in [2.75, 3.05) is 0 Å². The van der Waals surface area contributed by atoms with Gasteiger partial charge in [-0.1, -0.05) is 72.8 Å². The molecule has 0 amide bonds. The average Bonchev–Trinajstić information content (AvgIpc) is 3.57. The van der Waals surface area contributed by atoms with Gasteiger partial charge in [-0.2, -0.15) is 10.5 Å². The number of nitrogens with zero attached hydrogens (tertiary/aromatic N) is 4. The molecule has 0 spiro atoms. The highest BCUT2D eigenvalue weighted by Gasteiger charge is 2.17. The Kier molecular flexibility index (Phi) is 5.22. The Morgan fingerprint density at radius 1 is 0.429 bits per heavy atom. The normalized spacial score (nSPS) is 11.3.